The lowest BCUT2D eigenvalue weighted by molar-refractivity contribution is -0.137. The van der Waals surface area contributed by atoms with Gasteiger partial charge in [0.15, 0.2) is 5.78 Å². The number of Topliss-reactive ketones (excluding diaryl/α,β-unsaturated/α-hetero) is 1. The van der Waals surface area contributed by atoms with E-state index < -0.39 is 33.5 Å². The summed E-state index contributed by atoms with van der Waals surface area (Å²) in [5.74, 6) is -1.67. The fourth-order valence-electron chi connectivity index (χ4n) is 5.82. The first-order chi connectivity index (χ1) is 24.0. The molecule has 0 heterocycles. The van der Waals surface area contributed by atoms with Gasteiger partial charge in [0.1, 0.15) is 0 Å². The number of amides is 1. The van der Waals surface area contributed by atoms with Crippen LogP contribution in [-0.4, -0.2) is 30.4 Å². The van der Waals surface area contributed by atoms with Crippen LogP contribution in [0.5, 0.6) is 0 Å². The second kappa shape index (κ2) is 15.4. The van der Waals surface area contributed by atoms with Crippen molar-refractivity contribution in [2.45, 2.75) is 51.6 Å². The van der Waals surface area contributed by atoms with Crippen LogP contribution in [0.25, 0.3) is 16.7 Å². The average Bonchev–Trinajstić information content (AvgIpc) is 3.07. The monoisotopic (exact) mass is 735 g/mol. The third-order valence-electron chi connectivity index (χ3n) is 8.81. The molecule has 1 unspecified atom stereocenters. The summed E-state index contributed by atoms with van der Waals surface area (Å²) in [4.78, 5) is 26.5. The highest BCUT2D eigenvalue weighted by molar-refractivity contribution is 7.85. The van der Waals surface area contributed by atoms with Crippen LogP contribution in [0.2, 0.25) is 5.02 Å². The molecule has 1 amide bonds. The number of anilines is 1. The predicted octanol–water partition coefficient (Wildman–Crippen LogP) is 10.2. The number of ketones is 1. The molecule has 4 aromatic rings. The molecule has 0 saturated carbocycles. The highest BCUT2D eigenvalue weighted by Crippen LogP contribution is 2.36. The van der Waals surface area contributed by atoms with E-state index >= 15 is 0 Å². The number of nitrogens with one attached hydrogen (secondary N) is 1. The zero-order chi connectivity index (χ0) is 37.0. The van der Waals surface area contributed by atoms with Crippen LogP contribution >= 0.6 is 11.6 Å². The van der Waals surface area contributed by atoms with Gasteiger partial charge in [-0.15, -0.1) is 0 Å². The molecule has 1 atom stereocenters. The van der Waals surface area contributed by atoms with Gasteiger partial charge in [0.2, 0.25) is 5.91 Å². The minimum atomic E-state index is -4.51. The topological polar surface area (TPSA) is 101 Å². The minimum absolute atomic E-state index is 0.000466. The summed E-state index contributed by atoms with van der Waals surface area (Å²) >= 11 is 6.19. The molecule has 0 spiro atoms. The highest BCUT2D eigenvalue weighted by Gasteiger charge is 2.31. The number of allylic oxidation sites excluding steroid dienone is 4. The second-order valence-electron chi connectivity index (χ2n) is 13.3. The average molecular weight is 736 g/mol. The van der Waals surface area contributed by atoms with Crippen molar-refractivity contribution in [2.75, 3.05) is 11.1 Å². The lowest BCUT2D eigenvalue weighted by atomic mass is 9.82. The number of hydrogen-bond acceptors (Lipinski definition) is 4. The molecule has 266 valence electrons. The van der Waals surface area contributed by atoms with Crippen LogP contribution in [0.3, 0.4) is 0 Å². The van der Waals surface area contributed by atoms with E-state index in [9.17, 15) is 31.2 Å². The Kier molecular flexibility index (Phi) is 11.4. The molecule has 0 radical (unpaired) electrons. The Labute approximate surface area is 300 Å². The number of alkyl halides is 3. The van der Waals surface area contributed by atoms with Crippen LogP contribution in [-0.2, 0) is 27.5 Å². The summed E-state index contributed by atoms with van der Waals surface area (Å²) in [7, 11) is -4.15. The van der Waals surface area contributed by atoms with Gasteiger partial charge in [-0.05, 0) is 76.8 Å². The molecule has 0 fully saturated rings. The summed E-state index contributed by atoms with van der Waals surface area (Å²) in [6, 6.07) is 24.5. The fraction of sp³-hybridized carbons (Fsp3) is 0.250. The smallest absolute Gasteiger partial charge is 0.326 e. The van der Waals surface area contributed by atoms with Gasteiger partial charge in [-0.25, -0.2) is 0 Å². The van der Waals surface area contributed by atoms with Crippen molar-refractivity contribution in [2.24, 2.45) is 5.41 Å². The third-order valence-corrected chi connectivity index (χ3v) is 9.92. The minimum Gasteiger partial charge on any atom is -0.326 e. The zero-order valence-electron chi connectivity index (χ0n) is 28.0. The Bertz CT molecular complexity index is 2070. The Morgan fingerprint density at radius 1 is 0.922 bits per heavy atom. The lowest BCUT2D eigenvalue weighted by Crippen LogP contribution is -2.23. The lowest BCUT2D eigenvalue weighted by Gasteiger charge is -2.23. The van der Waals surface area contributed by atoms with E-state index in [-0.39, 0.29) is 35.0 Å². The van der Waals surface area contributed by atoms with E-state index in [2.05, 4.69) is 37.4 Å². The van der Waals surface area contributed by atoms with Gasteiger partial charge in [0.25, 0.3) is 10.1 Å². The van der Waals surface area contributed by atoms with Crippen molar-refractivity contribution in [3.05, 3.63) is 142 Å². The van der Waals surface area contributed by atoms with Gasteiger partial charge >= 0.3 is 6.18 Å². The quantitative estimate of drug-likeness (QED) is 0.111. The molecule has 0 aliphatic heterocycles. The molecule has 1 aliphatic carbocycles. The normalized spacial score (nSPS) is 14.8. The van der Waals surface area contributed by atoms with Gasteiger partial charge in [0, 0.05) is 28.3 Å². The van der Waals surface area contributed by atoms with Gasteiger partial charge in [-0.3, -0.25) is 14.1 Å². The summed E-state index contributed by atoms with van der Waals surface area (Å²) in [6.45, 7) is 4.35. The van der Waals surface area contributed by atoms with Gasteiger partial charge in [-0.1, -0.05) is 110 Å². The standard InChI is InChI=1S/C40H37ClF3NO5S/c1-39(2)21-19-28(20-22-39)27-9-11-30(12-10-27)35(24-26-5-7-31(8-6-26)37(46)4-3-23-51(48,49)50)38(47)45-33-16-13-29(14-17-33)34-18-15-32(25-36(34)41)40(42,43)44/h5-21,25,35H,3-4,22-24H2,1-2H3,(H,45,47)(H,48,49,50). The molecule has 0 saturated heterocycles. The second-order valence-corrected chi connectivity index (χ2v) is 15.3. The molecule has 1 aliphatic rings. The SMILES string of the molecule is CC1(C)C=CC(c2ccc(C(Cc3ccc(C(=O)CCCS(=O)(=O)O)cc3)C(=O)Nc3ccc(-c4ccc(C(F)(F)F)cc4Cl)cc3)cc2)=CC1. The number of carbonyl (C=O) groups excluding carboxylic acids is 2. The Hall–Kier alpha value is -4.51. The van der Waals surface area contributed by atoms with Crippen LogP contribution in [0.1, 0.15) is 71.6 Å². The maximum absolute atomic E-state index is 13.9. The van der Waals surface area contributed by atoms with E-state index in [0.29, 0.717) is 28.8 Å². The fourth-order valence-corrected chi connectivity index (χ4v) is 6.62. The Balaban J connectivity index is 1.35. The molecule has 11 heteroatoms. The van der Waals surface area contributed by atoms with Gasteiger partial charge in [-0.2, -0.15) is 21.6 Å². The van der Waals surface area contributed by atoms with Gasteiger partial charge in [0.05, 0.1) is 17.2 Å². The Morgan fingerprint density at radius 3 is 2.14 bits per heavy atom. The molecule has 2 N–H and O–H groups in total. The molecular formula is C40H37ClF3NO5S. The number of hydrogen-bond donors (Lipinski definition) is 2. The molecular weight excluding hydrogens is 699 g/mol. The first kappa shape index (κ1) is 37.7. The third kappa shape index (κ3) is 10.3. The predicted molar refractivity (Wildman–Crippen MR) is 195 cm³/mol. The first-order valence-corrected chi connectivity index (χ1v) is 18.3. The summed E-state index contributed by atoms with van der Waals surface area (Å²) in [5, 5.41) is 2.93. The van der Waals surface area contributed by atoms with Crippen molar-refractivity contribution >= 4 is 44.7 Å². The summed E-state index contributed by atoms with van der Waals surface area (Å²) in [5.41, 5.74) is 4.83. The van der Waals surface area contributed by atoms with E-state index in [0.717, 1.165) is 40.8 Å². The van der Waals surface area contributed by atoms with E-state index in [1.54, 1.807) is 48.5 Å². The van der Waals surface area contributed by atoms with Crippen molar-refractivity contribution in [1.82, 2.24) is 0 Å². The van der Waals surface area contributed by atoms with Crippen LogP contribution in [0.15, 0.2) is 109 Å². The highest BCUT2D eigenvalue weighted by atomic mass is 35.5. The zero-order valence-corrected chi connectivity index (χ0v) is 29.6. The Morgan fingerprint density at radius 2 is 1.57 bits per heavy atom. The largest absolute Gasteiger partial charge is 0.416 e. The number of benzene rings is 4. The molecule has 6 nitrogen and oxygen atoms in total. The van der Waals surface area contributed by atoms with Crippen molar-refractivity contribution in [3.8, 4) is 11.1 Å². The molecule has 5 rings (SSSR count). The number of carbonyl (C=O) groups is 2. The van der Waals surface area contributed by atoms with Gasteiger partial charge < -0.3 is 5.32 Å². The van der Waals surface area contributed by atoms with Crippen molar-refractivity contribution in [1.29, 1.82) is 0 Å². The van der Waals surface area contributed by atoms with Crippen LogP contribution in [0.4, 0.5) is 18.9 Å². The molecule has 51 heavy (non-hydrogen) atoms. The van der Waals surface area contributed by atoms with E-state index in [4.69, 9.17) is 16.2 Å². The molecule has 0 bridgehead atoms. The maximum Gasteiger partial charge on any atom is 0.416 e. The van der Waals surface area contributed by atoms with Crippen molar-refractivity contribution < 1.29 is 35.7 Å². The number of rotatable bonds is 12. The van der Waals surface area contributed by atoms with E-state index in [1.165, 1.54) is 6.07 Å². The molecule has 0 aromatic heterocycles. The van der Waals surface area contributed by atoms with Crippen molar-refractivity contribution in [3.63, 3.8) is 0 Å². The molecule has 4 aromatic carbocycles. The summed E-state index contributed by atoms with van der Waals surface area (Å²) < 4.78 is 70.3. The van der Waals surface area contributed by atoms with Crippen LogP contribution < -0.4 is 5.32 Å². The van der Waals surface area contributed by atoms with E-state index in [1.807, 2.05) is 24.3 Å². The summed E-state index contributed by atoms with van der Waals surface area (Å²) in [6.07, 6.45) is 3.16. The first-order valence-electron chi connectivity index (χ1n) is 16.3. The maximum atomic E-state index is 13.9. The number of halogens is 4. The van der Waals surface area contributed by atoms with Crippen LogP contribution in [0, 0.1) is 5.41 Å².